The Labute approximate surface area is 151 Å². The van der Waals surface area contributed by atoms with Crippen molar-refractivity contribution in [3.05, 3.63) is 10.2 Å². The molecule has 2 rings (SSSR count). The van der Waals surface area contributed by atoms with Crippen LogP contribution < -0.4 is 16.0 Å². The van der Waals surface area contributed by atoms with Crippen LogP contribution in [0.4, 0.5) is 16.6 Å². The number of carbonyl (C=O) groups excluding carboxylic acids is 1. The predicted molar refractivity (Wildman–Crippen MR) is 98.1 cm³/mol. The van der Waals surface area contributed by atoms with Gasteiger partial charge in [0.1, 0.15) is 11.4 Å². The molecule has 1 fully saturated rings. The summed E-state index contributed by atoms with van der Waals surface area (Å²) in [5, 5.41) is 2.83. The lowest BCUT2D eigenvalue weighted by Gasteiger charge is -2.39. The molecule has 0 saturated carbocycles. The van der Waals surface area contributed by atoms with Crippen LogP contribution in [0.3, 0.4) is 0 Å². The second-order valence-corrected chi connectivity index (χ2v) is 8.30. The summed E-state index contributed by atoms with van der Waals surface area (Å²) in [6, 6.07) is 0. The zero-order valence-corrected chi connectivity index (χ0v) is 16.5. The smallest absolute Gasteiger partial charge is 0.408 e. The van der Waals surface area contributed by atoms with Crippen molar-refractivity contribution in [3.63, 3.8) is 0 Å². The number of aromatic nitrogens is 2. The van der Waals surface area contributed by atoms with E-state index in [2.05, 4.69) is 36.1 Å². The fraction of sp³-hybridized carbons (Fsp3) is 0.688. The van der Waals surface area contributed by atoms with Gasteiger partial charge in [-0.1, -0.05) is 0 Å². The largest absolute Gasteiger partial charge is 0.443 e. The second-order valence-electron chi connectivity index (χ2n) is 7.51. The predicted octanol–water partition coefficient (Wildman–Crippen LogP) is 3.01. The molecule has 0 bridgehead atoms. The minimum atomic E-state index is -0.484. The molecule has 3 N–H and O–H groups in total. The fourth-order valence-electron chi connectivity index (χ4n) is 2.54. The zero-order valence-electron chi connectivity index (χ0n) is 14.9. The number of nitrogen functional groups attached to an aromatic ring is 1. The number of anilines is 2. The van der Waals surface area contributed by atoms with Gasteiger partial charge in [-0.05, 0) is 50.5 Å². The van der Waals surface area contributed by atoms with E-state index in [4.69, 9.17) is 10.5 Å². The van der Waals surface area contributed by atoms with Crippen molar-refractivity contribution < 1.29 is 9.53 Å². The molecule has 1 aliphatic heterocycles. The summed E-state index contributed by atoms with van der Waals surface area (Å²) in [7, 11) is 0. The number of nitrogens with two attached hydrogens (primary N) is 1. The number of aryl methyl sites for hydroxylation is 1. The van der Waals surface area contributed by atoms with E-state index in [1.54, 1.807) is 0 Å². The van der Waals surface area contributed by atoms with Gasteiger partial charge in [0.2, 0.25) is 5.95 Å². The lowest BCUT2D eigenvalue weighted by molar-refractivity contribution is 0.00398. The summed E-state index contributed by atoms with van der Waals surface area (Å²) >= 11 is 3.37. The molecular weight excluding hydrogens is 374 g/mol. The normalized spacial score (nSPS) is 17.5. The monoisotopic (exact) mass is 399 g/mol. The van der Waals surface area contributed by atoms with E-state index < -0.39 is 5.60 Å². The van der Waals surface area contributed by atoms with E-state index in [1.807, 2.05) is 34.6 Å². The lowest BCUT2D eigenvalue weighted by Crippen LogP contribution is -2.49. The average Bonchev–Trinajstić information content (AvgIpc) is 2.42. The summed E-state index contributed by atoms with van der Waals surface area (Å²) in [6.45, 7) is 11.1. The van der Waals surface area contributed by atoms with Crippen LogP contribution in [0.25, 0.3) is 0 Å². The van der Waals surface area contributed by atoms with Crippen molar-refractivity contribution in [2.45, 2.75) is 58.6 Å². The maximum atomic E-state index is 12.0. The Morgan fingerprint density at radius 2 is 1.92 bits per heavy atom. The lowest BCUT2D eigenvalue weighted by atomic mass is 9.93. The number of amides is 1. The van der Waals surface area contributed by atoms with Gasteiger partial charge in [0.25, 0.3) is 0 Å². The van der Waals surface area contributed by atoms with Crippen molar-refractivity contribution in [1.29, 1.82) is 0 Å². The van der Waals surface area contributed by atoms with Crippen LogP contribution in [0.2, 0.25) is 0 Å². The summed E-state index contributed by atoms with van der Waals surface area (Å²) in [4.78, 5) is 22.9. The van der Waals surface area contributed by atoms with Crippen LogP contribution in [0.1, 0.15) is 46.2 Å². The molecule has 7 nitrogen and oxygen atoms in total. The van der Waals surface area contributed by atoms with Crippen LogP contribution in [0.5, 0.6) is 0 Å². The molecule has 0 atom stereocenters. The van der Waals surface area contributed by atoms with E-state index in [0.717, 1.165) is 10.2 Å². The van der Waals surface area contributed by atoms with Crippen molar-refractivity contribution in [3.8, 4) is 0 Å². The average molecular weight is 400 g/mol. The third-order valence-electron chi connectivity index (χ3n) is 3.95. The molecule has 1 saturated heterocycles. The van der Waals surface area contributed by atoms with Gasteiger partial charge in [-0.25, -0.2) is 9.78 Å². The quantitative estimate of drug-likeness (QED) is 0.793. The number of piperidine rings is 1. The van der Waals surface area contributed by atoms with Crippen LogP contribution in [0, 0.1) is 6.92 Å². The van der Waals surface area contributed by atoms with Crippen molar-refractivity contribution in [2.75, 3.05) is 23.7 Å². The number of halogens is 1. The van der Waals surface area contributed by atoms with Gasteiger partial charge >= 0.3 is 6.09 Å². The number of hydrogen-bond donors (Lipinski definition) is 2. The van der Waals surface area contributed by atoms with E-state index in [-0.39, 0.29) is 11.6 Å². The van der Waals surface area contributed by atoms with Crippen LogP contribution >= 0.6 is 15.9 Å². The van der Waals surface area contributed by atoms with Crippen LogP contribution in [-0.4, -0.2) is 40.3 Å². The Hall–Kier alpha value is -1.57. The summed E-state index contributed by atoms with van der Waals surface area (Å²) in [5.74, 6) is 1.06. The molecule has 2 heterocycles. The first-order valence-corrected chi connectivity index (χ1v) is 8.84. The van der Waals surface area contributed by atoms with E-state index in [1.165, 1.54) is 0 Å². The Balaban J connectivity index is 1.99. The van der Waals surface area contributed by atoms with Crippen molar-refractivity contribution in [1.82, 2.24) is 15.3 Å². The molecule has 0 aromatic carbocycles. The van der Waals surface area contributed by atoms with Gasteiger partial charge in [0, 0.05) is 31.5 Å². The summed E-state index contributed by atoms with van der Waals surface area (Å²) < 4.78 is 6.39. The maximum absolute atomic E-state index is 12.0. The molecule has 134 valence electrons. The highest BCUT2D eigenvalue weighted by atomic mass is 79.9. The highest BCUT2D eigenvalue weighted by Crippen LogP contribution is 2.30. The maximum Gasteiger partial charge on any atom is 0.408 e. The molecule has 0 spiro atoms. The molecule has 1 aromatic heterocycles. The summed E-state index contributed by atoms with van der Waals surface area (Å²) in [5.41, 5.74) is 5.92. The van der Waals surface area contributed by atoms with E-state index in [9.17, 15) is 4.79 Å². The van der Waals surface area contributed by atoms with Crippen LogP contribution in [-0.2, 0) is 4.74 Å². The first-order chi connectivity index (χ1) is 11.0. The number of rotatable bonds is 2. The minimum absolute atomic E-state index is 0.311. The highest BCUT2D eigenvalue weighted by Gasteiger charge is 2.35. The number of alkyl carbamates (subject to hydrolysis) is 1. The van der Waals surface area contributed by atoms with Crippen molar-refractivity contribution in [2.24, 2.45) is 0 Å². The zero-order chi connectivity index (χ0) is 18.1. The Morgan fingerprint density at radius 3 is 2.42 bits per heavy atom. The first-order valence-electron chi connectivity index (χ1n) is 8.05. The standard InChI is InChI=1S/C16H26BrN5O2/c1-10-11(17)12(18)20-13(19-10)22-8-6-16(5,7-9-22)24-14(23)21-15(2,3)4/h6-9H2,1-5H3,(H,21,23)(H2,18,19,20). The van der Waals surface area contributed by atoms with Gasteiger partial charge in [-0.2, -0.15) is 4.98 Å². The molecule has 1 aromatic rings. The second kappa shape index (κ2) is 6.74. The van der Waals surface area contributed by atoms with Gasteiger partial charge in [-0.3, -0.25) is 0 Å². The van der Waals surface area contributed by atoms with Crippen LogP contribution in [0.15, 0.2) is 4.47 Å². The topological polar surface area (TPSA) is 93.4 Å². The molecule has 0 radical (unpaired) electrons. The molecule has 24 heavy (non-hydrogen) atoms. The molecule has 1 aliphatic rings. The van der Waals surface area contributed by atoms with Gasteiger partial charge < -0.3 is 20.7 Å². The third-order valence-corrected chi connectivity index (χ3v) is 4.93. The van der Waals surface area contributed by atoms with Crippen molar-refractivity contribution >= 4 is 33.8 Å². The highest BCUT2D eigenvalue weighted by molar-refractivity contribution is 9.10. The Kier molecular flexibility index (Phi) is 5.27. The molecule has 0 aliphatic carbocycles. The Morgan fingerprint density at radius 1 is 1.33 bits per heavy atom. The SMILES string of the molecule is Cc1nc(N2CCC(C)(OC(=O)NC(C)(C)C)CC2)nc(N)c1Br. The molecule has 1 amide bonds. The molecule has 8 heteroatoms. The van der Waals surface area contributed by atoms with E-state index in [0.29, 0.717) is 37.7 Å². The number of nitrogens with one attached hydrogen (secondary N) is 1. The number of hydrogen-bond acceptors (Lipinski definition) is 6. The number of carbonyl (C=O) groups is 1. The number of nitrogens with zero attached hydrogens (tertiary/aromatic N) is 3. The Bertz CT molecular complexity index is 598. The summed E-state index contributed by atoms with van der Waals surface area (Å²) in [6.07, 6.45) is 1.05. The number of ether oxygens (including phenoxy) is 1. The fourth-order valence-corrected chi connectivity index (χ4v) is 2.72. The first kappa shape index (κ1) is 18.8. The minimum Gasteiger partial charge on any atom is -0.443 e. The molecule has 0 unspecified atom stereocenters. The van der Waals surface area contributed by atoms with Gasteiger partial charge in [0.05, 0.1) is 10.2 Å². The van der Waals surface area contributed by atoms with Gasteiger partial charge in [-0.15, -0.1) is 0 Å². The third kappa shape index (κ3) is 4.72. The van der Waals surface area contributed by atoms with E-state index >= 15 is 0 Å². The van der Waals surface area contributed by atoms with Gasteiger partial charge in [0.15, 0.2) is 0 Å². The molecular formula is C16H26BrN5O2.